The van der Waals surface area contributed by atoms with E-state index < -0.39 is 17.4 Å². The molecule has 0 unspecified atom stereocenters. The van der Waals surface area contributed by atoms with Crippen LogP contribution in [0.2, 0.25) is 0 Å². The Hall–Kier alpha value is -0.691. The number of aliphatic hydroxyl groups excluding tert-OH is 1. The molecule has 0 fully saturated rings. The molecule has 6 heteroatoms. The predicted octanol–water partition coefficient (Wildman–Crippen LogP) is 1.47. The zero-order valence-electron chi connectivity index (χ0n) is 6.80. The Kier molecular flexibility index (Phi) is 9.04. The minimum atomic E-state index is -0.842. The molecule has 0 atom stereocenters. The van der Waals surface area contributed by atoms with Gasteiger partial charge in [0, 0.05) is 17.1 Å². The van der Waals surface area contributed by atoms with E-state index in [9.17, 15) is 4.79 Å². The minimum absolute atomic E-state index is 0. The molecule has 13 heavy (non-hydrogen) atoms. The van der Waals surface area contributed by atoms with Crippen LogP contribution < -0.4 is 0 Å². The first-order chi connectivity index (χ1) is 5.67. The quantitative estimate of drug-likeness (QED) is 0.207. The molecule has 0 saturated heterocycles. The second-order valence-electron chi connectivity index (χ2n) is 1.76. The monoisotopic (exact) mass is 252 g/mol. The molecule has 1 N–H and O–H groups in total. The van der Waals surface area contributed by atoms with Gasteiger partial charge >= 0.3 is 11.7 Å². The first-order valence-electron chi connectivity index (χ1n) is 3.20. The number of hydrogen-bond acceptors (Lipinski definition) is 3. The van der Waals surface area contributed by atoms with Crippen LogP contribution in [0, 0.1) is 6.57 Å². The van der Waals surface area contributed by atoms with E-state index in [4.69, 9.17) is 23.3 Å². The van der Waals surface area contributed by atoms with Crippen LogP contribution in [0.3, 0.4) is 0 Å². The van der Waals surface area contributed by atoms with E-state index in [-0.39, 0.29) is 29.6 Å². The van der Waals surface area contributed by atoms with Gasteiger partial charge in [-0.25, -0.2) is 4.85 Å². The number of rotatable bonds is 3. The molecule has 0 aromatic carbocycles. The van der Waals surface area contributed by atoms with Gasteiger partial charge in [-0.1, -0.05) is 0 Å². The standard InChI is InChI=1S/C7H8ClNO3.Cu/c1-3-12-7(11)6(9-2)5(10)4-8;/h10H,3-4H2,1H3;/b6-5+;. The van der Waals surface area contributed by atoms with Crippen LogP contribution in [0.4, 0.5) is 0 Å². The molecule has 0 aliphatic rings. The number of allylic oxidation sites excluding steroid dienone is 1. The third kappa shape index (κ3) is 4.79. The van der Waals surface area contributed by atoms with Crippen molar-refractivity contribution in [2.75, 3.05) is 12.5 Å². The summed E-state index contributed by atoms with van der Waals surface area (Å²) in [6.45, 7) is 8.32. The average Bonchev–Trinajstić information content (AvgIpc) is 2.06. The second kappa shape index (κ2) is 7.93. The van der Waals surface area contributed by atoms with E-state index in [1.54, 1.807) is 6.92 Å². The average molecular weight is 253 g/mol. The molecule has 0 rings (SSSR count). The van der Waals surface area contributed by atoms with Crippen molar-refractivity contribution in [1.82, 2.24) is 0 Å². The van der Waals surface area contributed by atoms with Gasteiger partial charge in [0.2, 0.25) is 0 Å². The first kappa shape index (κ1) is 14.8. The van der Waals surface area contributed by atoms with Crippen molar-refractivity contribution >= 4 is 17.6 Å². The van der Waals surface area contributed by atoms with Gasteiger partial charge in [0.15, 0.2) is 0 Å². The molecular weight excluding hydrogens is 245 g/mol. The van der Waals surface area contributed by atoms with E-state index in [1.165, 1.54) is 0 Å². The second-order valence-corrected chi connectivity index (χ2v) is 2.03. The van der Waals surface area contributed by atoms with Gasteiger partial charge in [-0.2, -0.15) is 0 Å². The zero-order valence-corrected chi connectivity index (χ0v) is 8.50. The van der Waals surface area contributed by atoms with Crippen LogP contribution in [0.15, 0.2) is 11.5 Å². The van der Waals surface area contributed by atoms with Crippen molar-refractivity contribution in [2.45, 2.75) is 6.92 Å². The van der Waals surface area contributed by atoms with Gasteiger partial charge in [-0.15, -0.1) is 11.6 Å². The van der Waals surface area contributed by atoms with E-state index in [2.05, 4.69) is 9.58 Å². The van der Waals surface area contributed by atoms with Gasteiger partial charge in [-0.3, -0.25) is 4.79 Å². The minimum Gasteiger partial charge on any atom is -0.522 e. The Morgan fingerprint density at radius 2 is 2.23 bits per heavy atom. The van der Waals surface area contributed by atoms with Crippen LogP contribution in [0.25, 0.3) is 4.85 Å². The summed E-state index contributed by atoms with van der Waals surface area (Å²) in [6.07, 6.45) is 0. The van der Waals surface area contributed by atoms with Gasteiger partial charge in [0.05, 0.1) is 19.1 Å². The van der Waals surface area contributed by atoms with Gasteiger partial charge in [0.25, 0.3) is 0 Å². The molecule has 4 nitrogen and oxygen atoms in total. The number of halogens is 1. The predicted molar refractivity (Wildman–Crippen MR) is 43.6 cm³/mol. The molecule has 0 aromatic rings. The van der Waals surface area contributed by atoms with Crippen LogP contribution >= 0.6 is 11.6 Å². The number of aliphatic hydroxyl groups is 1. The number of nitrogens with zero attached hydrogens (tertiary/aromatic N) is 1. The summed E-state index contributed by atoms with van der Waals surface area (Å²) in [6, 6.07) is 0. The molecule has 0 heterocycles. The fourth-order valence-corrected chi connectivity index (χ4v) is 0.617. The zero-order chi connectivity index (χ0) is 9.56. The SMILES string of the molecule is [C-]#[N+]/C(C(=O)OCC)=C(/O)CCl.[Cu]. The van der Waals surface area contributed by atoms with Gasteiger partial charge in [-0.05, 0) is 6.92 Å². The molecule has 0 aliphatic carbocycles. The number of esters is 1. The molecule has 0 aliphatic heterocycles. The van der Waals surface area contributed by atoms with Crippen molar-refractivity contribution in [3.63, 3.8) is 0 Å². The fourth-order valence-electron chi connectivity index (χ4n) is 0.491. The summed E-state index contributed by atoms with van der Waals surface area (Å²) in [5.74, 6) is -1.56. The van der Waals surface area contributed by atoms with E-state index in [1.807, 2.05) is 0 Å². The maximum absolute atomic E-state index is 10.9. The summed E-state index contributed by atoms with van der Waals surface area (Å²) >= 11 is 5.21. The fraction of sp³-hybridized carbons (Fsp3) is 0.429. The summed E-state index contributed by atoms with van der Waals surface area (Å²) < 4.78 is 4.49. The molecule has 1 radical (unpaired) electrons. The van der Waals surface area contributed by atoms with Crippen molar-refractivity contribution in [1.29, 1.82) is 0 Å². The Morgan fingerprint density at radius 3 is 2.54 bits per heavy atom. The van der Waals surface area contributed by atoms with E-state index in [0.717, 1.165) is 0 Å². The van der Waals surface area contributed by atoms with Gasteiger partial charge < -0.3 is 9.84 Å². The molecular formula is C7H8ClCuNO3. The van der Waals surface area contributed by atoms with Crippen LogP contribution in [-0.4, -0.2) is 23.6 Å². The summed E-state index contributed by atoms with van der Waals surface area (Å²) in [5.41, 5.74) is -0.452. The van der Waals surface area contributed by atoms with E-state index in [0.29, 0.717) is 0 Å². The molecule has 0 aromatic heterocycles. The number of carbonyl (C=O) groups is 1. The Bertz CT molecular complexity index is 247. The van der Waals surface area contributed by atoms with Crippen LogP contribution in [-0.2, 0) is 26.6 Å². The maximum Gasteiger partial charge on any atom is 0.339 e. The third-order valence-corrected chi connectivity index (χ3v) is 1.23. The maximum atomic E-state index is 10.9. The van der Waals surface area contributed by atoms with Crippen LogP contribution in [0.1, 0.15) is 6.92 Å². The Balaban J connectivity index is 0. The molecule has 77 valence electrons. The molecule has 0 spiro atoms. The number of hydrogen-bond donors (Lipinski definition) is 1. The van der Waals surface area contributed by atoms with Crippen LogP contribution in [0.5, 0.6) is 0 Å². The smallest absolute Gasteiger partial charge is 0.339 e. The number of carbonyl (C=O) groups excluding carboxylic acids is 1. The van der Waals surface area contributed by atoms with Crippen molar-refractivity contribution < 1.29 is 31.7 Å². The summed E-state index contributed by atoms with van der Waals surface area (Å²) in [7, 11) is 0. The molecule has 0 bridgehead atoms. The normalized spacial score (nSPS) is 10.5. The van der Waals surface area contributed by atoms with Gasteiger partial charge in [0.1, 0.15) is 5.76 Å². The van der Waals surface area contributed by atoms with Crippen molar-refractivity contribution in [3.05, 3.63) is 22.9 Å². The number of ether oxygens (including phenoxy) is 1. The largest absolute Gasteiger partial charge is 0.522 e. The Labute approximate surface area is 91.8 Å². The number of alkyl halides is 1. The van der Waals surface area contributed by atoms with Crippen molar-refractivity contribution in [3.8, 4) is 0 Å². The van der Waals surface area contributed by atoms with E-state index >= 15 is 0 Å². The van der Waals surface area contributed by atoms with Crippen molar-refractivity contribution in [2.24, 2.45) is 0 Å². The topological polar surface area (TPSA) is 50.9 Å². The first-order valence-corrected chi connectivity index (χ1v) is 3.73. The summed E-state index contributed by atoms with van der Waals surface area (Å²) in [5, 5.41) is 8.95. The molecule has 0 saturated carbocycles. The Morgan fingerprint density at radius 1 is 1.69 bits per heavy atom. The summed E-state index contributed by atoms with van der Waals surface area (Å²) in [4.78, 5) is 13.7. The molecule has 0 amide bonds. The third-order valence-electron chi connectivity index (χ3n) is 0.981.